The van der Waals surface area contributed by atoms with Crippen molar-refractivity contribution in [1.82, 2.24) is 20.4 Å². The molecule has 0 atom stereocenters. The van der Waals surface area contributed by atoms with Gasteiger partial charge in [-0.05, 0) is 38.0 Å². The standard InChI is InChI=1S/C24H24FN5O3S/c1-15-6-8-18(9-7-15)27-21(32)22-28-29-23(34-22)24(33)30-12-10-16(11-13-30)20(31)26-14-17-4-2-3-5-19(17)25/h2-9,16H,10-14H2,1H3,(H,26,31)(H,27,32). The maximum atomic E-state index is 13.7. The van der Waals surface area contributed by atoms with E-state index in [1.807, 2.05) is 19.1 Å². The van der Waals surface area contributed by atoms with Crippen molar-refractivity contribution in [3.63, 3.8) is 0 Å². The van der Waals surface area contributed by atoms with Crippen LogP contribution in [0.4, 0.5) is 10.1 Å². The zero-order valence-corrected chi connectivity index (χ0v) is 19.4. The molecule has 1 aromatic heterocycles. The third kappa shape index (κ3) is 5.63. The average molecular weight is 482 g/mol. The Labute approximate surface area is 200 Å². The number of halogens is 1. The maximum Gasteiger partial charge on any atom is 0.286 e. The summed E-state index contributed by atoms with van der Waals surface area (Å²) in [6.07, 6.45) is 0.989. The Morgan fingerprint density at radius 3 is 2.41 bits per heavy atom. The number of carbonyl (C=O) groups is 3. The van der Waals surface area contributed by atoms with Gasteiger partial charge in [-0.3, -0.25) is 14.4 Å². The van der Waals surface area contributed by atoms with Gasteiger partial charge in [0.2, 0.25) is 15.9 Å². The lowest BCUT2D eigenvalue weighted by Crippen LogP contribution is -2.43. The molecule has 2 aromatic carbocycles. The predicted octanol–water partition coefficient (Wildman–Crippen LogP) is 3.41. The molecule has 0 bridgehead atoms. The molecule has 10 heteroatoms. The molecule has 0 unspecified atom stereocenters. The number of rotatable bonds is 6. The van der Waals surface area contributed by atoms with Gasteiger partial charge in [0.25, 0.3) is 11.8 Å². The zero-order valence-electron chi connectivity index (χ0n) is 18.6. The summed E-state index contributed by atoms with van der Waals surface area (Å²) in [6.45, 7) is 2.86. The molecule has 2 N–H and O–H groups in total. The predicted molar refractivity (Wildman–Crippen MR) is 126 cm³/mol. The van der Waals surface area contributed by atoms with Crippen LogP contribution in [0.25, 0.3) is 0 Å². The van der Waals surface area contributed by atoms with E-state index in [4.69, 9.17) is 0 Å². The van der Waals surface area contributed by atoms with Crippen LogP contribution in [0.5, 0.6) is 0 Å². The molecule has 1 saturated heterocycles. The van der Waals surface area contributed by atoms with E-state index in [9.17, 15) is 18.8 Å². The van der Waals surface area contributed by atoms with Crippen LogP contribution in [0.2, 0.25) is 0 Å². The van der Waals surface area contributed by atoms with E-state index in [2.05, 4.69) is 20.8 Å². The van der Waals surface area contributed by atoms with Gasteiger partial charge in [-0.25, -0.2) is 4.39 Å². The SMILES string of the molecule is Cc1ccc(NC(=O)c2nnc(C(=O)N3CCC(C(=O)NCc4ccccc4F)CC3)s2)cc1. The molecule has 4 rings (SSSR count). The average Bonchev–Trinajstić information content (AvgIpc) is 3.35. The molecule has 1 aliphatic heterocycles. The molecule has 3 aromatic rings. The van der Waals surface area contributed by atoms with Gasteiger partial charge in [0.15, 0.2) is 0 Å². The quantitative estimate of drug-likeness (QED) is 0.562. The Balaban J connectivity index is 1.27. The van der Waals surface area contributed by atoms with Crippen LogP contribution < -0.4 is 10.6 Å². The number of benzene rings is 2. The van der Waals surface area contributed by atoms with E-state index in [-0.39, 0.29) is 40.1 Å². The molecule has 0 saturated carbocycles. The summed E-state index contributed by atoms with van der Waals surface area (Å²) >= 11 is 0.939. The fourth-order valence-electron chi connectivity index (χ4n) is 3.67. The third-order valence-corrected chi connectivity index (χ3v) is 6.59. The van der Waals surface area contributed by atoms with Crippen molar-refractivity contribution in [3.8, 4) is 0 Å². The number of nitrogens with one attached hydrogen (secondary N) is 2. The molecule has 0 spiro atoms. The van der Waals surface area contributed by atoms with Crippen LogP contribution >= 0.6 is 11.3 Å². The molecule has 0 aliphatic carbocycles. The maximum absolute atomic E-state index is 13.7. The monoisotopic (exact) mass is 481 g/mol. The summed E-state index contributed by atoms with van der Waals surface area (Å²) in [6, 6.07) is 13.7. The largest absolute Gasteiger partial charge is 0.352 e. The number of aromatic nitrogens is 2. The molecule has 0 radical (unpaired) electrons. The van der Waals surface area contributed by atoms with Crippen molar-refractivity contribution in [1.29, 1.82) is 0 Å². The fourth-order valence-corrected chi connectivity index (χ4v) is 4.38. The van der Waals surface area contributed by atoms with Crippen LogP contribution in [-0.4, -0.2) is 45.9 Å². The lowest BCUT2D eigenvalue weighted by Gasteiger charge is -2.30. The number of hydrogen-bond donors (Lipinski definition) is 2. The van der Waals surface area contributed by atoms with Crippen LogP contribution in [-0.2, 0) is 11.3 Å². The Morgan fingerprint density at radius 2 is 1.71 bits per heavy atom. The van der Waals surface area contributed by atoms with Gasteiger partial charge in [0, 0.05) is 36.8 Å². The Kier molecular flexibility index (Phi) is 7.27. The van der Waals surface area contributed by atoms with Crippen molar-refractivity contribution in [2.45, 2.75) is 26.3 Å². The number of hydrogen-bond acceptors (Lipinski definition) is 6. The Morgan fingerprint density at radius 1 is 1.03 bits per heavy atom. The van der Waals surface area contributed by atoms with Crippen LogP contribution in [0.3, 0.4) is 0 Å². The van der Waals surface area contributed by atoms with Gasteiger partial charge in [0.1, 0.15) is 5.82 Å². The molecule has 8 nitrogen and oxygen atoms in total. The highest BCUT2D eigenvalue weighted by molar-refractivity contribution is 7.15. The van der Waals surface area contributed by atoms with Crippen LogP contribution in [0, 0.1) is 18.7 Å². The minimum Gasteiger partial charge on any atom is -0.352 e. The summed E-state index contributed by atoms with van der Waals surface area (Å²) in [5, 5.41) is 13.5. The molecular formula is C24H24FN5O3S. The van der Waals surface area contributed by atoms with Gasteiger partial charge < -0.3 is 15.5 Å². The van der Waals surface area contributed by atoms with Crippen LogP contribution in [0.15, 0.2) is 48.5 Å². The molecule has 176 valence electrons. The summed E-state index contributed by atoms with van der Waals surface area (Å²) in [5.41, 5.74) is 2.14. The van der Waals surface area contributed by atoms with E-state index < -0.39 is 5.91 Å². The number of nitrogens with zero attached hydrogens (tertiary/aromatic N) is 3. The first-order chi connectivity index (χ1) is 16.4. The first-order valence-corrected chi connectivity index (χ1v) is 11.7. The summed E-state index contributed by atoms with van der Waals surface area (Å²) in [5.74, 6) is -1.49. The summed E-state index contributed by atoms with van der Waals surface area (Å²) in [7, 11) is 0. The van der Waals surface area contributed by atoms with E-state index in [1.165, 1.54) is 6.07 Å². The molecule has 2 heterocycles. The van der Waals surface area contributed by atoms with E-state index >= 15 is 0 Å². The second kappa shape index (κ2) is 10.5. The van der Waals surface area contributed by atoms with E-state index in [1.54, 1.807) is 35.2 Å². The number of amides is 3. The molecule has 34 heavy (non-hydrogen) atoms. The Hall–Kier alpha value is -3.66. The van der Waals surface area contributed by atoms with Gasteiger partial charge >= 0.3 is 0 Å². The van der Waals surface area contributed by atoms with Crippen molar-refractivity contribution in [3.05, 3.63) is 75.5 Å². The zero-order chi connectivity index (χ0) is 24.1. The van der Waals surface area contributed by atoms with E-state index in [0.29, 0.717) is 37.2 Å². The van der Waals surface area contributed by atoms with Gasteiger partial charge in [-0.2, -0.15) is 0 Å². The lowest BCUT2D eigenvalue weighted by atomic mass is 9.95. The lowest BCUT2D eigenvalue weighted by molar-refractivity contribution is -0.126. The van der Waals surface area contributed by atoms with Crippen molar-refractivity contribution >= 4 is 34.7 Å². The summed E-state index contributed by atoms with van der Waals surface area (Å²) < 4.78 is 13.7. The highest BCUT2D eigenvalue weighted by atomic mass is 32.1. The normalized spacial score (nSPS) is 14.0. The minimum atomic E-state index is -0.425. The molecule has 1 aliphatic rings. The van der Waals surface area contributed by atoms with Gasteiger partial charge in [-0.1, -0.05) is 47.2 Å². The topological polar surface area (TPSA) is 104 Å². The second-order valence-electron chi connectivity index (χ2n) is 8.11. The summed E-state index contributed by atoms with van der Waals surface area (Å²) in [4.78, 5) is 39.3. The highest BCUT2D eigenvalue weighted by Gasteiger charge is 2.29. The third-order valence-electron chi connectivity index (χ3n) is 5.68. The number of likely N-dealkylation sites (tertiary alicyclic amines) is 1. The first-order valence-electron chi connectivity index (χ1n) is 10.9. The molecule has 1 fully saturated rings. The molecule has 3 amide bonds. The number of anilines is 1. The van der Waals surface area contributed by atoms with Gasteiger partial charge in [-0.15, -0.1) is 10.2 Å². The van der Waals surface area contributed by atoms with Crippen molar-refractivity contribution in [2.24, 2.45) is 5.92 Å². The smallest absolute Gasteiger partial charge is 0.286 e. The van der Waals surface area contributed by atoms with Crippen molar-refractivity contribution < 1.29 is 18.8 Å². The fraction of sp³-hybridized carbons (Fsp3) is 0.292. The minimum absolute atomic E-state index is 0.103. The van der Waals surface area contributed by atoms with Crippen molar-refractivity contribution in [2.75, 3.05) is 18.4 Å². The number of piperidine rings is 1. The Bertz CT molecular complexity index is 1190. The number of carbonyl (C=O) groups excluding carboxylic acids is 3. The van der Waals surface area contributed by atoms with Crippen LogP contribution in [0.1, 0.15) is 43.6 Å². The first kappa shape index (κ1) is 23.5. The van der Waals surface area contributed by atoms with E-state index in [0.717, 1.165) is 16.9 Å². The van der Waals surface area contributed by atoms with Gasteiger partial charge in [0.05, 0.1) is 0 Å². The highest BCUT2D eigenvalue weighted by Crippen LogP contribution is 2.21. The second-order valence-corrected chi connectivity index (χ2v) is 9.09. The number of aryl methyl sites for hydroxylation is 1. The molecular weight excluding hydrogens is 457 g/mol.